The number of rotatable bonds is 16. The Morgan fingerprint density at radius 3 is 1.16 bits per heavy atom. The summed E-state index contributed by atoms with van der Waals surface area (Å²) in [5.74, 6) is 0. The number of benzene rings is 5. The maximum Gasteiger partial charge on any atom is 0.349 e. The molecule has 3 aliphatic rings. The summed E-state index contributed by atoms with van der Waals surface area (Å²) >= 11 is 0. The first kappa shape index (κ1) is 50.3. The lowest BCUT2D eigenvalue weighted by molar-refractivity contribution is -0.372. The van der Waals surface area contributed by atoms with Crippen molar-refractivity contribution in [3.05, 3.63) is 179 Å². The Morgan fingerprint density at radius 1 is 0.412 bits per heavy atom. The van der Waals surface area contributed by atoms with E-state index < -0.39 is 80.0 Å². The molecule has 0 N–H and O–H groups in total. The standard InChI is InChI=1S/C56H70O11Si/c1-55(2,3)68(56(4,5)6)63-38-45-47(58-33-40-23-13-8-14-24-40)49(59-34-41-25-15-9-16-26-41)52(62-37-44-31-21-12-22-32-44)54(66-45)67-48-46(39-64-68)65-53(57-7)51(61-36-43-29-19-11-20-30-43)50(48)60-35-42-27-17-10-18-28-42/h8-32,45-54H,33-39H2,1-7H3/t45-,46-,47-,48-,49+,50+,51-,52-,53+,54?/m1/s1. The van der Waals surface area contributed by atoms with Crippen LogP contribution in [0.25, 0.3) is 0 Å². The third-order valence-electron chi connectivity index (χ3n) is 13.0. The van der Waals surface area contributed by atoms with Crippen molar-refractivity contribution in [2.45, 2.75) is 146 Å². The first-order valence-electron chi connectivity index (χ1n) is 24.0. The van der Waals surface area contributed by atoms with Crippen LogP contribution in [0.2, 0.25) is 10.1 Å². The van der Waals surface area contributed by atoms with Crippen LogP contribution in [0.1, 0.15) is 69.4 Å². The summed E-state index contributed by atoms with van der Waals surface area (Å²) in [4.78, 5) is 0. The second-order valence-electron chi connectivity index (χ2n) is 20.0. The topological polar surface area (TPSA) is 102 Å². The van der Waals surface area contributed by atoms with Crippen LogP contribution in [-0.4, -0.2) is 90.3 Å². The van der Waals surface area contributed by atoms with Crippen molar-refractivity contribution in [3.8, 4) is 0 Å². The largest absolute Gasteiger partial charge is 0.391 e. The highest BCUT2D eigenvalue weighted by Gasteiger charge is 2.62. The van der Waals surface area contributed by atoms with Crippen molar-refractivity contribution < 1.29 is 51.5 Å². The smallest absolute Gasteiger partial charge is 0.349 e. The molecular weight excluding hydrogens is 877 g/mol. The highest BCUT2D eigenvalue weighted by atomic mass is 28.4. The van der Waals surface area contributed by atoms with Gasteiger partial charge in [0.05, 0.1) is 46.2 Å². The third kappa shape index (κ3) is 12.2. The van der Waals surface area contributed by atoms with Crippen LogP contribution >= 0.6 is 0 Å². The molecule has 5 aromatic carbocycles. The Hall–Kier alpha value is -4.12. The van der Waals surface area contributed by atoms with Gasteiger partial charge in [-0.05, 0) is 27.8 Å². The van der Waals surface area contributed by atoms with Gasteiger partial charge in [-0.2, -0.15) is 0 Å². The second kappa shape index (κ2) is 23.2. The minimum absolute atomic E-state index is 0.122. The van der Waals surface area contributed by atoms with E-state index in [2.05, 4.69) is 65.8 Å². The first-order chi connectivity index (χ1) is 32.9. The lowest BCUT2D eigenvalue weighted by atomic mass is 9.95. The Morgan fingerprint density at radius 2 is 0.765 bits per heavy atom. The van der Waals surface area contributed by atoms with E-state index >= 15 is 0 Å². The molecule has 3 heterocycles. The van der Waals surface area contributed by atoms with Gasteiger partial charge in [-0.1, -0.05) is 193 Å². The van der Waals surface area contributed by atoms with E-state index in [0.717, 1.165) is 27.8 Å². The molecule has 10 atom stereocenters. The monoisotopic (exact) mass is 946 g/mol. The Kier molecular flexibility index (Phi) is 17.1. The van der Waals surface area contributed by atoms with Crippen LogP contribution in [0.3, 0.4) is 0 Å². The van der Waals surface area contributed by atoms with Crippen molar-refractivity contribution >= 4 is 8.56 Å². The van der Waals surface area contributed by atoms with Gasteiger partial charge in [0.1, 0.15) is 48.8 Å². The fraction of sp³-hybridized carbons (Fsp3) is 0.464. The van der Waals surface area contributed by atoms with Gasteiger partial charge in [0.2, 0.25) is 0 Å². The highest BCUT2D eigenvalue weighted by Crippen LogP contribution is 2.53. The molecule has 68 heavy (non-hydrogen) atoms. The molecule has 0 saturated carbocycles. The zero-order valence-corrected chi connectivity index (χ0v) is 41.6. The molecule has 3 saturated heterocycles. The zero-order valence-electron chi connectivity index (χ0n) is 40.6. The molecule has 0 amide bonds. The molecule has 364 valence electrons. The van der Waals surface area contributed by atoms with Crippen LogP contribution in [0.4, 0.5) is 0 Å². The average molecular weight is 947 g/mol. The van der Waals surface area contributed by atoms with Crippen molar-refractivity contribution in [1.82, 2.24) is 0 Å². The molecule has 5 aromatic rings. The van der Waals surface area contributed by atoms with Gasteiger partial charge in [-0.3, -0.25) is 0 Å². The Balaban J connectivity index is 1.26. The molecule has 8 rings (SSSR count). The molecule has 3 aliphatic heterocycles. The SMILES string of the molecule is CO[C@H]1O[C@@H]2CO[Si](C(C)(C)C)(C(C)(C)C)OC[C@H]3OC(O[C@H]2[C@H](OCc2ccccc2)[C@H]1OCc1ccccc1)[C@H](OCc1ccccc1)[C@@H](OCc1ccccc1)[C@@H]3OCc1ccccc1. The van der Waals surface area contributed by atoms with E-state index in [-0.39, 0.29) is 39.6 Å². The predicted octanol–water partition coefficient (Wildman–Crippen LogP) is 10.5. The van der Waals surface area contributed by atoms with Crippen LogP contribution in [-0.2, 0) is 84.5 Å². The van der Waals surface area contributed by atoms with E-state index in [4.69, 9.17) is 51.5 Å². The number of ether oxygens (including phenoxy) is 9. The van der Waals surface area contributed by atoms with Gasteiger partial charge >= 0.3 is 8.56 Å². The first-order valence-corrected chi connectivity index (χ1v) is 25.8. The molecule has 0 aromatic heterocycles. The van der Waals surface area contributed by atoms with Gasteiger partial charge in [-0.15, -0.1) is 0 Å². The lowest BCUT2D eigenvalue weighted by Gasteiger charge is -2.51. The van der Waals surface area contributed by atoms with Crippen LogP contribution in [0.5, 0.6) is 0 Å². The molecule has 12 heteroatoms. The van der Waals surface area contributed by atoms with Gasteiger partial charge in [-0.25, -0.2) is 0 Å². The molecule has 0 radical (unpaired) electrons. The van der Waals surface area contributed by atoms with Gasteiger partial charge in [0, 0.05) is 17.2 Å². The van der Waals surface area contributed by atoms with Crippen molar-refractivity contribution in [3.63, 3.8) is 0 Å². The summed E-state index contributed by atoms with van der Waals surface area (Å²) in [6, 6.07) is 50.5. The summed E-state index contributed by atoms with van der Waals surface area (Å²) in [6.45, 7) is 14.9. The summed E-state index contributed by atoms with van der Waals surface area (Å²) in [7, 11) is -1.69. The normalized spacial score (nSPS) is 27.7. The summed E-state index contributed by atoms with van der Waals surface area (Å²) in [5, 5.41) is -0.844. The maximum absolute atomic E-state index is 7.48. The second-order valence-corrected chi connectivity index (χ2v) is 24.8. The lowest BCUT2D eigenvalue weighted by Crippen LogP contribution is -2.66. The molecule has 1 unspecified atom stereocenters. The molecule has 0 spiro atoms. The van der Waals surface area contributed by atoms with Gasteiger partial charge in [0.15, 0.2) is 12.6 Å². The average Bonchev–Trinajstić information content (AvgIpc) is 3.37. The fourth-order valence-corrected chi connectivity index (χ4v) is 14.7. The van der Waals surface area contributed by atoms with Crippen LogP contribution < -0.4 is 0 Å². The van der Waals surface area contributed by atoms with Gasteiger partial charge < -0.3 is 51.5 Å². The molecule has 2 bridgehead atoms. The van der Waals surface area contributed by atoms with E-state index in [1.54, 1.807) is 7.11 Å². The van der Waals surface area contributed by atoms with Crippen molar-refractivity contribution in [2.75, 3.05) is 20.3 Å². The minimum Gasteiger partial charge on any atom is -0.391 e. The predicted molar refractivity (Wildman–Crippen MR) is 261 cm³/mol. The quantitative estimate of drug-likeness (QED) is 0.0884. The van der Waals surface area contributed by atoms with Crippen LogP contribution in [0, 0.1) is 0 Å². The van der Waals surface area contributed by atoms with E-state index in [9.17, 15) is 0 Å². The van der Waals surface area contributed by atoms with E-state index in [1.807, 2.05) is 127 Å². The van der Waals surface area contributed by atoms with E-state index in [0.29, 0.717) is 6.61 Å². The van der Waals surface area contributed by atoms with Crippen LogP contribution in [0.15, 0.2) is 152 Å². The molecule has 11 nitrogen and oxygen atoms in total. The maximum atomic E-state index is 7.48. The number of fused-ring (bicyclic) bond motifs is 3. The minimum atomic E-state index is -3.32. The number of hydrogen-bond acceptors (Lipinski definition) is 11. The number of hydrogen-bond donors (Lipinski definition) is 0. The summed E-state index contributed by atoms with van der Waals surface area (Å²) < 4.78 is 77.9. The zero-order chi connectivity index (χ0) is 47.6. The van der Waals surface area contributed by atoms with Crippen molar-refractivity contribution in [1.29, 1.82) is 0 Å². The fourth-order valence-electron chi connectivity index (χ4n) is 9.84. The summed E-state index contributed by atoms with van der Waals surface area (Å²) in [5.41, 5.74) is 4.99. The Bertz CT molecular complexity index is 2210. The highest BCUT2D eigenvalue weighted by molar-refractivity contribution is 6.73. The Labute approximate surface area is 404 Å². The summed E-state index contributed by atoms with van der Waals surface area (Å²) in [6.07, 6.45) is -7.82. The number of methoxy groups -OCH3 is 1. The molecule has 0 aliphatic carbocycles. The molecular formula is C56H70O11Si. The van der Waals surface area contributed by atoms with Crippen molar-refractivity contribution in [2.24, 2.45) is 0 Å². The molecule has 3 fully saturated rings. The van der Waals surface area contributed by atoms with Gasteiger partial charge in [0.25, 0.3) is 0 Å². The van der Waals surface area contributed by atoms with E-state index in [1.165, 1.54) is 0 Å². The third-order valence-corrected chi connectivity index (χ3v) is 18.1.